The van der Waals surface area contributed by atoms with Crippen LogP contribution in [0.3, 0.4) is 0 Å². The molecule has 1 rings (SSSR count). The van der Waals surface area contributed by atoms with E-state index in [1.54, 1.807) is 0 Å². The minimum atomic E-state index is -0.628. The zero-order valence-electron chi connectivity index (χ0n) is 17.3. The molecule has 3 unspecified atom stereocenters. The van der Waals surface area contributed by atoms with Crippen LogP contribution in [0.15, 0.2) is 5.11 Å². The Hall–Kier alpha value is -2.05. The summed E-state index contributed by atoms with van der Waals surface area (Å²) in [5, 5.41) is 5.81. The first-order chi connectivity index (χ1) is 14.3. The fourth-order valence-corrected chi connectivity index (χ4v) is 3.13. The van der Waals surface area contributed by atoms with Gasteiger partial charge in [0.05, 0.1) is 0 Å². The molecule has 0 aromatic carbocycles. The fourth-order valence-electron chi connectivity index (χ4n) is 3.03. The molecule has 1 amide bonds. The predicted molar refractivity (Wildman–Crippen MR) is 108 cm³/mol. The number of azide groups is 1. The van der Waals surface area contributed by atoms with Crippen molar-refractivity contribution in [1.82, 2.24) is 10.2 Å². The van der Waals surface area contributed by atoms with Crippen LogP contribution < -0.4 is 10.2 Å². The molecule has 1 aliphatic rings. The molecule has 1 saturated heterocycles. The van der Waals surface area contributed by atoms with Crippen molar-refractivity contribution in [3.05, 3.63) is 10.4 Å². The van der Waals surface area contributed by atoms with E-state index in [1.165, 1.54) is 6.92 Å². The zero-order chi connectivity index (χ0) is 22.5. The molecular formula is C17H29N5O7S. The lowest BCUT2D eigenvalue weighted by Crippen LogP contribution is -2.55. The van der Waals surface area contributed by atoms with E-state index in [1.807, 2.05) is 18.7 Å². The number of rotatable bonds is 12. The second kappa shape index (κ2) is 14.0. The van der Waals surface area contributed by atoms with E-state index in [9.17, 15) is 14.4 Å². The highest BCUT2D eigenvalue weighted by atomic mass is 32.1. The molecular weight excluding hydrogens is 418 g/mol. The quantitative estimate of drug-likeness (QED) is 0.0770. The van der Waals surface area contributed by atoms with Gasteiger partial charge in [-0.3, -0.25) is 14.4 Å². The lowest BCUT2D eigenvalue weighted by molar-refractivity contribution is -0.265. The van der Waals surface area contributed by atoms with Crippen LogP contribution in [0.4, 0.5) is 0 Å². The number of ether oxygens (including phenoxy) is 3. The van der Waals surface area contributed by atoms with Crippen LogP contribution in [0.1, 0.15) is 40.0 Å². The van der Waals surface area contributed by atoms with Crippen molar-refractivity contribution in [3.63, 3.8) is 0 Å². The number of carbonyl (C=O) groups is 3. The molecule has 1 fully saturated rings. The number of esters is 1. The van der Waals surface area contributed by atoms with E-state index < -0.39 is 36.3 Å². The zero-order valence-corrected chi connectivity index (χ0v) is 18.2. The average Bonchev–Trinajstić information content (AvgIpc) is 2.70. The van der Waals surface area contributed by atoms with Gasteiger partial charge in [-0.1, -0.05) is 36.7 Å². The Balaban J connectivity index is 2.62. The van der Waals surface area contributed by atoms with Gasteiger partial charge in [-0.15, -0.1) is 0 Å². The van der Waals surface area contributed by atoms with E-state index in [0.717, 1.165) is 0 Å². The number of unbranched alkanes of at least 4 members (excludes halogenated alkanes) is 1. The summed E-state index contributed by atoms with van der Waals surface area (Å²) in [6, 6.07) is 0. The highest BCUT2D eigenvalue weighted by molar-refractivity contribution is 7.77. The maximum absolute atomic E-state index is 11.7. The normalized spacial score (nSPS) is 25.7. The number of hydrogen-bond acceptors (Lipinski definition) is 10. The second-order valence-corrected chi connectivity index (χ2v) is 7.10. The summed E-state index contributed by atoms with van der Waals surface area (Å²) in [6.45, 7) is 5.25. The van der Waals surface area contributed by atoms with Gasteiger partial charge in [-0.25, -0.2) is 0 Å². The largest absolute Gasteiger partial charge is 0.459 e. The summed E-state index contributed by atoms with van der Waals surface area (Å²) in [7, 11) is 0. The molecule has 2 N–H and O–H groups in total. The third-order valence-electron chi connectivity index (χ3n) is 4.75. The van der Waals surface area contributed by atoms with Gasteiger partial charge in [0.15, 0.2) is 6.29 Å². The number of nitrogens with zero attached hydrogens (tertiary/aromatic N) is 3. The molecule has 5 atom stereocenters. The molecule has 0 radical (unpaired) electrons. The molecule has 0 saturated carbocycles. The van der Waals surface area contributed by atoms with Crippen LogP contribution in [-0.2, 0) is 33.4 Å². The number of carbonyl (C=O) groups excluding carboxylic acids is 3. The Labute approximate surface area is 180 Å². The molecule has 0 aliphatic carbocycles. The molecule has 1 aliphatic heterocycles. The summed E-state index contributed by atoms with van der Waals surface area (Å²) in [6.07, 6.45) is -0.360. The molecule has 30 heavy (non-hydrogen) atoms. The molecule has 13 heteroatoms. The Morgan fingerprint density at radius 3 is 2.60 bits per heavy atom. The van der Waals surface area contributed by atoms with E-state index in [2.05, 4.69) is 33.0 Å². The molecule has 1 heterocycles. The van der Waals surface area contributed by atoms with Crippen LogP contribution in [0, 0.1) is 11.8 Å². The van der Waals surface area contributed by atoms with Crippen molar-refractivity contribution < 1.29 is 33.4 Å². The number of thiol groups is 1. The fraction of sp³-hybridized carbons (Fsp3) is 0.824. The monoisotopic (exact) mass is 447 g/mol. The van der Waals surface area contributed by atoms with Crippen LogP contribution in [0.25, 0.3) is 10.4 Å². The topological polar surface area (TPSA) is 161 Å². The average molecular weight is 448 g/mol. The third kappa shape index (κ3) is 9.18. The lowest BCUT2D eigenvalue weighted by atomic mass is 9.84. The summed E-state index contributed by atoms with van der Waals surface area (Å²) < 4.78 is 17.2. The molecule has 0 aromatic rings. The van der Waals surface area contributed by atoms with Crippen LogP contribution in [0.5, 0.6) is 0 Å². The van der Waals surface area contributed by atoms with Gasteiger partial charge in [-0.2, -0.15) is 0 Å². The van der Waals surface area contributed by atoms with Gasteiger partial charge in [-0.05, 0) is 18.4 Å². The van der Waals surface area contributed by atoms with Crippen molar-refractivity contribution in [2.24, 2.45) is 17.0 Å². The van der Waals surface area contributed by atoms with Crippen molar-refractivity contribution >= 4 is 30.7 Å². The smallest absolute Gasteiger partial charge is 0.325 e. The third-order valence-corrected chi connectivity index (χ3v) is 4.84. The maximum atomic E-state index is 11.7. The molecule has 0 spiro atoms. The van der Waals surface area contributed by atoms with E-state index in [-0.39, 0.29) is 31.3 Å². The van der Waals surface area contributed by atoms with Gasteiger partial charge in [0.2, 0.25) is 5.91 Å². The van der Waals surface area contributed by atoms with E-state index in [4.69, 9.17) is 19.7 Å². The summed E-state index contributed by atoms with van der Waals surface area (Å²) in [5.74, 6) is -1.51. The summed E-state index contributed by atoms with van der Waals surface area (Å²) >= 11 is 3.58. The maximum Gasteiger partial charge on any atom is 0.325 e. The van der Waals surface area contributed by atoms with Crippen molar-refractivity contribution in [2.45, 2.75) is 58.5 Å². The number of amides is 1. The summed E-state index contributed by atoms with van der Waals surface area (Å²) in [4.78, 5) is 43.6. The first kappa shape index (κ1) is 26.0. The predicted octanol–water partition coefficient (Wildman–Crippen LogP) is 1.42. The minimum absolute atomic E-state index is 0.0667. The Bertz CT molecular complexity index is 632. The Morgan fingerprint density at radius 1 is 1.23 bits per heavy atom. The highest BCUT2D eigenvalue weighted by Gasteiger charge is 2.43. The molecule has 170 valence electrons. The van der Waals surface area contributed by atoms with Crippen LogP contribution in [-0.4, -0.2) is 56.0 Å². The van der Waals surface area contributed by atoms with Gasteiger partial charge >= 0.3 is 11.9 Å². The number of nitrogens with one attached hydrogen (secondary N) is 2. The number of hydrogen-bond donors (Lipinski definition) is 3. The van der Waals surface area contributed by atoms with E-state index >= 15 is 0 Å². The molecule has 0 aromatic heterocycles. The van der Waals surface area contributed by atoms with Crippen molar-refractivity contribution in [2.75, 3.05) is 19.7 Å². The van der Waals surface area contributed by atoms with Crippen LogP contribution in [0.2, 0.25) is 0 Å². The lowest BCUT2D eigenvalue weighted by Gasteiger charge is -2.43. The van der Waals surface area contributed by atoms with Crippen molar-refractivity contribution in [3.8, 4) is 0 Å². The van der Waals surface area contributed by atoms with E-state index in [0.29, 0.717) is 19.4 Å². The molecule has 0 bridgehead atoms. The Morgan fingerprint density at radius 2 is 1.97 bits per heavy atom. The summed E-state index contributed by atoms with van der Waals surface area (Å²) in [5.41, 5.74) is 8.30. The Kier molecular flexibility index (Phi) is 12.2. The standard InChI is InChI=1S/C17H29N5O7S/c1-10-11(2)17(26-7-5-4-6-15(25)29-22-30)28-13(16(10)27-12(3)23)8-19-14(24)9-20-21-18/h10-11,13,16-17,22,30H,4-9H2,1-3H3,(H,19,24)/t10-,11?,13?,16-,17?/m1/s1. The first-order valence-electron chi connectivity index (χ1n) is 9.60. The van der Waals surface area contributed by atoms with Gasteiger partial charge < -0.3 is 24.4 Å². The van der Waals surface area contributed by atoms with Gasteiger partial charge in [0, 0.05) is 43.2 Å². The van der Waals surface area contributed by atoms with Crippen LogP contribution >= 0.6 is 12.8 Å². The van der Waals surface area contributed by atoms with Gasteiger partial charge in [0.25, 0.3) is 0 Å². The minimum Gasteiger partial charge on any atom is -0.459 e. The second-order valence-electron chi connectivity index (χ2n) is 6.92. The first-order valence-corrected chi connectivity index (χ1v) is 10.1. The SMILES string of the molecule is CC(=O)O[C@H]1C(CNC(=O)CN=[N+]=[N-])OC(OCCCCC(=O)ONS)C(C)[C@H]1C. The van der Waals surface area contributed by atoms with Crippen molar-refractivity contribution in [1.29, 1.82) is 0 Å². The van der Waals surface area contributed by atoms with Gasteiger partial charge in [0.1, 0.15) is 18.8 Å². The highest BCUT2D eigenvalue weighted by Crippen LogP contribution is 2.33. The molecule has 12 nitrogen and oxygen atoms in total.